The first-order valence-electron chi connectivity index (χ1n) is 10.2. The number of benzene rings is 2. The maximum atomic E-state index is 13.4. The van der Waals surface area contributed by atoms with Crippen LogP contribution in [0.15, 0.2) is 60.8 Å². The van der Waals surface area contributed by atoms with Gasteiger partial charge < -0.3 is 9.88 Å². The van der Waals surface area contributed by atoms with E-state index >= 15 is 0 Å². The Bertz CT molecular complexity index is 947. The molecule has 0 bridgehead atoms. The van der Waals surface area contributed by atoms with Gasteiger partial charge in [-0.25, -0.2) is 0 Å². The highest BCUT2D eigenvalue weighted by Crippen LogP contribution is 2.46. The van der Waals surface area contributed by atoms with Crippen molar-refractivity contribution < 1.29 is 4.79 Å². The van der Waals surface area contributed by atoms with Crippen LogP contribution in [0.25, 0.3) is 10.9 Å². The van der Waals surface area contributed by atoms with Gasteiger partial charge in [-0.05, 0) is 48.8 Å². The van der Waals surface area contributed by atoms with E-state index in [4.69, 9.17) is 0 Å². The number of nitrogens with one attached hydrogen (secondary N) is 1. The van der Waals surface area contributed by atoms with Crippen LogP contribution in [0.1, 0.15) is 49.1 Å². The number of carbonyl (C=O) groups is 1. The Hall–Kier alpha value is -2.55. The summed E-state index contributed by atoms with van der Waals surface area (Å²) >= 11 is 0. The zero-order valence-electron chi connectivity index (χ0n) is 15.7. The fraction of sp³-hybridized carbons (Fsp3) is 0.375. The van der Waals surface area contributed by atoms with Gasteiger partial charge in [0.05, 0.1) is 5.41 Å². The van der Waals surface area contributed by atoms with E-state index in [-0.39, 0.29) is 5.41 Å². The average Bonchev–Trinajstić information content (AvgIpc) is 3.12. The van der Waals surface area contributed by atoms with Gasteiger partial charge in [0.1, 0.15) is 0 Å². The number of amides is 1. The summed E-state index contributed by atoms with van der Waals surface area (Å²) in [5, 5.41) is 1.34. The van der Waals surface area contributed by atoms with Crippen LogP contribution in [-0.2, 0) is 10.2 Å². The second kappa shape index (κ2) is 6.56. The van der Waals surface area contributed by atoms with E-state index in [2.05, 4.69) is 64.6 Å². The first-order chi connectivity index (χ1) is 13.3. The number of hydrogen-bond acceptors (Lipinski definition) is 1. The molecule has 1 amide bonds. The fourth-order valence-electron chi connectivity index (χ4n) is 5.04. The molecule has 1 aliphatic heterocycles. The Labute approximate surface area is 160 Å². The fourth-order valence-corrected chi connectivity index (χ4v) is 5.04. The number of likely N-dealkylation sites (tertiary alicyclic amines) is 1. The number of hydrogen-bond donors (Lipinski definition) is 1. The highest BCUT2D eigenvalue weighted by atomic mass is 16.2. The number of rotatable bonds is 3. The number of aromatic amines is 1. The highest BCUT2D eigenvalue weighted by Gasteiger charge is 2.47. The Morgan fingerprint density at radius 2 is 1.67 bits per heavy atom. The molecule has 1 saturated heterocycles. The third-order valence-electron chi connectivity index (χ3n) is 6.79. The third kappa shape index (κ3) is 2.68. The molecule has 138 valence electrons. The summed E-state index contributed by atoms with van der Waals surface area (Å²) in [6.07, 6.45) is 7.43. The van der Waals surface area contributed by atoms with Crippen LogP contribution in [0, 0.1) is 0 Å². The molecule has 0 spiro atoms. The zero-order valence-corrected chi connectivity index (χ0v) is 15.7. The lowest BCUT2D eigenvalue weighted by atomic mass is 9.63. The molecule has 2 aliphatic rings. The van der Waals surface area contributed by atoms with Crippen molar-refractivity contribution in [3.8, 4) is 0 Å². The van der Waals surface area contributed by atoms with E-state index in [1.807, 2.05) is 6.07 Å². The molecule has 3 heteroatoms. The van der Waals surface area contributed by atoms with E-state index in [0.717, 1.165) is 45.2 Å². The van der Waals surface area contributed by atoms with Crippen molar-refractivity contribution in [1.29, 1.82) is 0 Å². The van der Waals surface area contributed by atoms with E-state index in [1.165, 1.54) is 22.0 Å². The molecule has 1 N–H and O–H groups in total. The molecule has 27 heavy (non-hydrogen) atoms. The van der Waals surface area contributed by atoms with Crippen molar-refractivity contribution in [2.45, 2.75) is 43.4 Å². The van der Waals surface area contributed by atoms with Crippen molar-refractivity contribution in [2.75, 3.05) is 13.1 Å². The molecular weight excluding hydrogens is 332 g/mol. The minimum absolute atomic E-state index is 0.255. The summed E-state index contributed by atoms with van der Waals surface area (Å²) in [4.78, 5) is 19.0. The number of H-pyrrole nitrogens is 1. The van der Waals surface area contributed by atoms with Gasteiger partial charge in [0.25, 0.3) is 0 Å². The van der Waals surface area contributed by atoms with Crippen molar-refractivity contribution in [2.24, 2.45) is 0 Å². The third-order valence-corrected chi connectivity index (χ3v) is 6.79. The number of aromatic nitrogens is 1. The Balaban J connectivity index is 1.32. The van der Waals surface area contributed by atoms with Crippen LogP contribution in [0.5, 0.6) is 0 Å². The summed E-state index contributed by atoms with van der Waals surface area (Å²) in [6.45, 7) is 1.75. The molecule has 2 heterocycles. The standard InChI is InChI=1S/C24H26N2O/c27-23(24(13-6-14-24)19-7-2-1-3-8-19)26-15-11-18(12-16-26)21-17-25-22-10-5-4-9-20(21)22/h1-5,7-10,17-18,25H,6,11-16H2. The van der Waals surface area contributed by atoms with Gasteiger partial charge in [-0.2, -0.15) is 0 Å². The van der Waals surface area contributed by atoms with E-state index < -0.39 is 0 Å². The summed E-state index contributed by atoms with van der Waals surface area (Å²) in [7, 11) is 0. The lowest BCUT2D eigenvalue weighted by Gasteiger charge is -2.45. The molecular formula is C24H26N2O. The Morgan fingerprint density at radius 1 is 0.963 bits per heavy atom. The van der Waals surface area contributed by atoms with Crippen LogP contribution in [-0.4, -0.2) is 28.9 Å². The topological polar surface area (TPSA) is 36.1 Å². The van der Waals surface area contributed by atoms with Crippen molar-refractivity contribution >= 4 is 16.8 Å². The van der Waals surface area contributed by atoms with Crippen LogP contribution < -0.4 is 0 Å². The molecule has 3 nitrogen and oxygen atoms in total. The Morgan fingerprint density at radius 3 is 2.37 bits per heavy atom. The number of para-hydroxylation sites is 1. The molecule has 2 aromatic carbocycles. The van der Waals surface area contributed by atoms with Gasteiger partial charge in [-0.3, -0.25) is 4.79 Å². The highest BCUT2D eigenvalue weighted by molar-refractivity contribution is 5.89. The van der Waals surface area contributed by atoms with Gasteiger partial charge in [0.2, 0.25) is 5.91 Å². The Kier molecular flexibility index (Phi) is 4.04. The minimum atomic E-state index is -0.255. The van der Waals surface area contributed by atoms with Gasteiger partial charge in [-0.1, -0.05) is 55.0 Å². The van der Waals surface area contributed by atoms with Crippen LogP contribution in [0.4, 0.5) is 0 Å². The number of nitrogens with zero attached hydrogens (tertiary/aromatic N) is 1. The second-order valence-electron chi connectivity index (χ2n) is 8.16. The normalized spacial score (nSPS) is 19.8. The summed E-state index contributed by atoms with van der Waals surface area (Å²) in [6, 6.07) is 19.0. The predicted octanol–water partition coefficient (Wildman–Crippen LogP) is 5.00. The zero-order chi connectivity index (χ0) is 18.3. The minimum Gasteiger partial charge on any atom is -0.361 e. The maximum absolute atomic E-state index is 13.4. The van der Waals surface area contributed by atoms with Gasteiger partial charge in [0.15, 0.2) is 0 Å². The molecule has 0 radical (unpaired) electrons. The molecule has 1 aromatic heterocycles. The molecule has 2 fully saturated rings. The predicted molar refractivity (Wildman–Crippen MR) is 109 cm³/mol. The van der Waals surface area contributed by atoms with Crippen LogP contribution in [0.2, 0.25) is 0 Å². The van der Waals surface area contributed by atoms with Crippen LogP contribution in [0.3, 0.4) is 0 Å². The van der Waals surface area contributed by atoms with Gasteiger partial charge >= 0.3 is 0 Å². The monoisotopic (exact) mass is 358 g/mol. The molecule has 0 unspecified atom stereocenters. The summed E-state index contributed by atoms with van der Waals surface area (Å²) in [5.74, 6) is 0.900. The maximum Gasteiger partial charge on any atom is 0.233 e. The second-order valence-corrected chi connectivity index (χ2v) is 8.16. The molecule has 0 atom stereocenters. The number of fused-ring (bicyclic) bond motifs is 1. The number of carbonyl (C=O) groups excluding carboxylic acids is 1. The van der Waals surface area contributed by atoms with Gasteiger partial charge in [-0.15, -0.1) is 0 Å². The number of piperidine rings is 1. The average molecular weight is 358 g/mol. The molecule has 3 aromatic rings. The molecule has 1 aliphatic carbocycles. The van der Waals surface area contributed by atoms with Crippen molar-refractivity contribution in [1.82, 2.24) is 9.88 Å². The van der Waals surface area contributed by atoms with Crippen molar-refractivity contribution in [3.05, 3.63) is 71.9 Å². The van der Waals surface area contributed by atoms with Gasteiger partial charge in [0, 0.05) is 30.2 Å². The lowest BCUT2D eigenvalue weighted by molar-refractivity contribution is -0.142. The first kappa shape index (κ1) is 16.6. The first-order valence-corrected chi connectivity index (χ1v) is 10.2. The SMILES string of the molecule is O=C(N1CCC(c2c[nH]c3ccccc23)CC1)C1(c2ccccc2)CCC1. The summed E-state index contributed by atoms with van der Waals surface area (Å²) < 4.78 is 0. The van der Waals surface area contributed by atoms with E-state index in [0.29, 0.717) is 11.8 Å². The van der Waals surface area contributed by atoms with E-state index in [1.54, 1.807) is 0 Å². The quantitative estimate of drug-likeness (QED) is 0.703. The summed E-state index contributed by atoms with van der Waals surface area (Å²) in [5.41, 5.74) is 3.58. The smallest absolute Gasteiger partial charge is 0.233 e. The van der Waals surface area contributed by atoms with Crippen LogP contribution >= 0.6 is 0 Å². The molecule has 1 saturated carbocycles. The largest absolute Gasteiger partial charge is 0.361 e. The molecule has 5 rings (SSSR count). The lowest BCUT2D eigenvalue weighted by Crippen LogP contribution is -2.52. The van der Waals surface area contributed by atoms with Crippen molar-refractivity contribution in [3.63, 3.8) is 0 Å². The van der Waals surface area contributed by atoms with E-state index in [9.17, 15) is 4.79 Å².